The molecule has 0 amide bonds. The maximum Gasteiger partial charge on any atom is 1.00 e. The van der Waals surface area contributed by atoms with Crippen molar-refractivity contribution in [3.8, 4) is 0 Å². The first-order valence-electron chi connectivity index (χ1n) is 23.0. The average Bonchev–Trinajstić information content (AvgIpc) is 3.98. The summed E-state index contributed by atoms with van der Waals surface area (Å²) in [6.45, 7) is 12.2. The van der Waals surface area contributed by atoms with Crippen molar-refractivity contribution in [3.05, 3.63) is 223 Å². The minimum absolute atomic E-state index is 0. The molecule has 0 atom stereocenters. The van der Waals surface area contributed by atoms with E-state index in [0.717, 1.165) is 25.7 Å². The van der Waals surface area contributed by atoms with Crippen LogP contribution in [0.5, 0.6) is 0 Å². The summed E-state index contributed by atoms with van der Waals surface area (Å²) >= 11 is 9.54. The summed E-state index contributed by atoms with van der Waals surface area (Å²) in [6, 6.07) is 65.8. The molecule has 11 heteroatoms. The van der Waals surface area contributed by atoms with Crippen LogP contribution < -0.4 is 51.0 Å². The molecule has 6 aromatic rings. The monoisotopic (exact) mass is 1490 g/mol. The van der Waals surface area contributed by atoms with Gasteiger partial charge in [-0.1, -0.05) is 235 Å². The van der Waals surface area contributed by atoms with Gasteiger partial charge in [-0.3, -0.25) is 4.55 Å². The molecule has 0 aliphatic heterocycles. The zero-order chi connectivity index (χ0) is 49.5. The second-order valence-corrected chi connectivity index (χ2v) is 32.4. The third-order valence-electron chi connectivity index (χ3n) is 8.94. The molecule has 0 aromatic heterocycles. The number of unbranched alkanes of at least 4 members (excludes halogenated alkanes) is 4. The Hall–Kier alpha value is 0.0748. The summed E-state index contributed by atoms with van der Waals surface area (Å²) in [5.74, 6) is -0.139. The van der Waals surface area contributed by atoms with E-state index < -0.39 is 10.1 Å². The van der Waals surface area contributed by atoms with Crippen molar-refractivity contribution in [1.82, 2.24) is 0 Å². The largest absolute Gasteiger partial charge is 1.00 e. The summed E-state index contributed by atoms with van der Waals surface area (Å²) in [4.78, 5) is 0. The average molecular weight is 1490 g/mol. The van der Waals surface area contributed by atoms with Gasteiger partial charge in [-0.15, -0.1) is 0 Å². The molecule has 3 nitrogen and oxygen atoms in total. The number of hydrogen-bond acceptors (Lipinski definition) is 2. The second kappa shape index (κ2) is 65.1. The maximum absolute atomic E-state index is 10.4. The molecule has 0 radical (unpaired) electrons. The molecule has 0 bridgehead atoms. The van der Waals surface area contributed by atoms with Gasteiger partial charge in [0.2, 0.25) is 0 Å². The van der Waals surface area contributed by atoms with Gasteiger partial charge >= 0.3 is 88.2 Å². The first kappa shape index (κ1) is 77.0. The van der Waals surface area contributed by atoms with Crippen LogP contribution in [0.1, 0.15) is 120 Å². The Morgan fingerprint density at radius 1 is 0.515 bits per heavy atom. The Bertz CT molecular complexity index is 1740. The number of aryl methyl sites for hydroxylation is 4. The van der Waals surface area contributed by atoms with Crippen LogP contribution >= 0.6 is 74.5 Å². The molecule has 368 valence electrons. The maximum atomic E-state index is 10.4. The zero-order valence-electron chi connectivity index (χ0n) is 42.0. The van der Waals surface area contributed by atoms with Crippen LogP contribution in [0.3, 0.4) is 0 Å². The first-order valence-corrected chi connectivity index (χ1v) is 43.4. The van der Waals surface area contributed by atoms with E-state index in [0.29, 0.717) is 19.7 Å². The van der Waals surface area contributed by atoms with Gasteiger partial charge in [-0.25, -0.2) is 0 Å². The first-order chi connectivity index (χ1) is 32.2. The molecule has 1 saturated carbocycles. The summed E-state index contributed by atoms with van der Waals surface area (Å²) in [5.41, 5.74) is 5.40. The topological polar surface area (TPSA) is 54.4 Å². The van der Waals surface area contributed by atoms with Crippen LogP contribution in [0.2, 0.25) is 0 Å². The Morgan fingerprint density at radius 2 is 0.809 bits per heavy atom. The summed E-state index contributed by atoms with van der Waals surface area (Å²) < 4.78 is 29.3. The Labute approximate surface area is 494 Å². The quantitative estimate of drug-likeness (QED) is 0.0462. The molecule has 6 aromatic carbocycles. The minimum Gasteiger partial charge on any atom is -0.343 e. The molecule has 1 aliphatic carbocycles. The van der Waals surface area contributed by atoms with Crippen LogP contribution in [0.15, 0.2) is 188 Å². The molecule has 1 aliphatic rings. The normalized spacial score (nSPS) is 9.97. The molecule has 1 fully saturated rings. The van der Waals surface area contributed by atoms with Crippen molar-refractivity contribution in [2.75, 3.05) is 5.75 Å². The minimum atomic E-state index is -3.78. The standard InChI is InChI=1S/C11H16.C10H14O3S.C8H10.C7H8.C6H6.C6H5.C5H10.C4H9.I3.I2.2Li/c1-2-3-5-8-11-9-6-4-7-10-11;11-14(12,13)9-5-4-8-10-6-2-1-3-7-10;1-2-8-6-4-3-5-7-8;1-7-5-3-2-4-6-7;2*1-2-4-6-5-3-1;1-2-4-5-3-1;1-3-4-2;1-3-2;1-2;;/h4,6-7,9-10H,2-3,5,8H2,1H3;1-3,6-7H,4-5,8-9H2,(H,11,12,13);3-7H,2H2,1H3;2-6H,1H3;1-6H;1-5H;1-5H2;1,3-4H2,2H3;;;;/q;;;;;-1;;2*-1;;2*+1. The molecule has 0 unspecified atom stereocenters. The molecule has 0 heterocycles. The second-order valence-electron chi connectivity index (χ2n) is 14.6. The van der Waals surface area contributed by atoms with Crippen LogP contribution in [-0.4, -0.2) is 18.7 Å². The van der Waals surface area contributed by atoms with Gasteiger partial charge in [0.1, 0.15) is 0 Å². The van der Waals surface area contributed by atoms with Crippen LogP contribution in [0.4, 0.5) is 0 Å². The van der Waals surface area contributed by atoms with Gasteiger partial charge in [0.15, 0.2) is 0 Å². The Morgan fingerprint density at radius 3 is 1.03 bits per heavy atom. The number of hydrogen-bond donors (Lipinski definition) is 1. The van der Waals surface area contributed by atoms with Crippen molar-refractivity contribution in [2.24, 2.45) is 0 Å². The smallest absolute Gasteiger partial charge is 0.343 e. The molecular formula is C57H78I5Li2O3S-. The van der Waals surface area contributed by atoms with E-state index in [1.54, 1.807) is 0 Å². The van der Waals surface area contributed by atoms with Crippen LogP contribution in [0.25, 0.3) is 0 Å². The summed E-state index contributed by atoms with van der Waals surface area (Å²) in [5, 5.41) is 0. The van der Waals surface area contributed by atoms with Crippen molar-refractivity contribution in [2.45, 2.75) is 124 Å². The SMILES string of the molecule is C1CCCC1.CCCCCc1ccccc1.CCc1ccccc1.Cc1ccccc1.II.I[I-]I.O=S(=O)(O)CCCCc1ccccc1.[CH2-]CCC.[Li+].[Li+].[c-]1ccccc1.c1ccccc1. The Balaban J connectivity index is -0.000000224. The van der Waals surface area contributed by atoms with Crippen LogP contribution in [0, 0.1) is 19.9 Å². The fourth-order valence-electron chi connectivity index (χ4n) is 5.34. The summed E-state index contributed by atoms with van der Waals surface area (Å²) in [6.07, 6.45) is 18.3. The van der Waals surface area contributed by atoms with E-state index in [2.05, 4.69) is 182 Å². The molecule has 7 rings (SSSR count). The van der Waals surface area contributed by atoms with Gasteiger partial charge in [-0.2, -0.15) is 51.2 Å². The van der Waals surface area contributed by atoms with Crippen molar-refractivity contribution < 1.29 is 63.9 Å². The predicted molar refractivity (Wildman–Crippen MR) is 324 cm³/mol. The fourth-order valence-corrected chi connectivity index (χ4v) is 5.91. The van der Waals surface area contributed by atoms with Crippen molar-refractivity contribution in [3.63, 3.8) is 0 Å². The molecule has 68 heavy (non-hydrogen) atoms. The third kappa shape index (κ3) is 66.1. The predicted octanol–water partition coefficient (Wildman–Crippen LogP) is 10.9. The third-order valence-corrected chi connectivity index (χ3v) is 9.75. The molecule has 0 spiro atoms. The van der Waals surface area contributed by atoms with Crippen LogP contribution in [-0.2, 0) is 29.4 Å². The number of rotatable bonds is 11. The van der Waals surface area contributed by atoms with E-state index >= 15 is 0 Å². The van der Waals surface area contributed by atoms with E-state index in [9.17, 15) is 8.42 Å². The van der Waals surface area contributed by atoms with E-state index in [4.69, 9.17) is 4.55 Å². The molecular weight excluding hydrogens is 1410 g/mol. The number of halogens is 5. The fraction of sp³-hybridized carbons (Fsp3) is 0.351. The van der Waals surface area contributed by atoms with Crippen molar-refractivity contribution in [1.29, 1.82) is 0 Å². The summed E-state index contributed by atoms with van der Waals surface area (Å²) in [7, 11) is -3.78. The molecule has 1 N–H and O–H groups in total. The van der Waals surface area contributed by atoms with Gasteiger partial charge in [-0.05, 0) is 62.1 Å². The Kier molecular flexibility index (Phi) is 73.7. The zero-order valence-corrected chi connectivity index (χ0v) is 53.6. The molecule has 0 saturated heterocycles. The number of benzene rings is 6. The van der Waals surface area contributed by atoms with Gasteiger partial charge in [0.25, 0.3) is 10.1 Å². The van der Waals surface area contributed by atoms with E-state index in [1.807, 2.05) is 121 Å². The van der Waals surface area contributed by atoms with Gasteiger partial charge in [0, 0.05) is 37.2 Å². The van der Waals surface area contributed by atoms with Crippen molar-refractivity contribution >= 4 is 84.6 Å². The van der Waals surface area contributed by atoms with Gasteiger partial charge < -0.3 is 6.92 Å². The van der Waals surface area contributed by atoms with E-state index in [1.165, 1.54) is 86.5 Å². The van der Waals surface area contributed by atoms with E-state index in [-0.39, 0.29) is 43.5 Å². The van der Waals surface area contributed by atoms with Gasteiger partial charge in [0.05, 0.1) is 5.75 Å².